The Labute approximate surface area is 114 Å². The zero-order valence-corrected chi connectivity index (χ0v) is 11.4. The van der Waals surface area contributed by atoms with Gasteiger partial charge in [-0.2, -0.15) is 13.2 Å². The molecule has 0 aliphatic carbocycles. The van der Waals surface area contributed by atoms with Gasteiger partial charge in [-0.3, -0.25) is 0 Å². The number of ether oxygens (including phenoxy) is 2. The minimum Gasteiger partial charge on any atom is -0.493 e. The molecule has 0 aliphatic heterocycles. The second-order valence-corrected chi connectivity index (χ2v) is 4.19. The smallest absolute Gasteiger partial charge is 0.390 e. The van der Waals surface area contributed by atoms with Crippen molar-refractivity contribution in [1.82, 2.24) is 5.32 Å². The Bertz CT molecular complexity index is 424. The largest absolute Gasteiger partial charge is 0.493 e. The van der Waals surface area contributed by atoms with Gasteiger partial charge < -0.3 is 14.8 Å². The van der Waals surface area contributed by atoms with E-state index in [2.05, 4.69) is 5.32 Å². The molecule has 3 nitrogen and oxygen atoms in total. The Morgan fingerprint density at radius 1 is 1.21 bits per heavy atom. The van der Waals surface area contributed by atoms with Crippen molar-refractivity contribution in [2.75, 3.05) is 20.8 Å². The van der Waals surface area contributed by atoms with Gasteiger partial charge in [0.25, 0.3) is 0 Å². The van der Waals surface area contributed by atoms with E-state index < -0.39 is 12.6 Å². The third-order valence-electron chi connectivity index (χ3n) is 2.47. The number of halogens is 4. The minimum absolute atomic E-state index is 0.159. The summed E-state index contributed by atoms with van der Waals surface area (Å²) in [6, 6.07) is 3.34. The van der Waals surface area contributed by atoms with Crippen LogP contribution >= 0.6 is 11.6 Å². The molecule has 0 atom stereocenters. The Balaban J connectivity index is 2.64. The SMILES string of the molecule is COc1ccc(CNCCC(F)(F)F)c(Cl)c1OC. The molecule has 1 rings (SSSR count). The van der Waals surface area contributed by atoms with Gasteiger partial charge in [-0.25, -0.2) is 0 Å². The lowest BCUT2D eigenvalue weighted by Crippen LogP contribution is -2.21. The molecule has 19 heavy (non-hydrogen) atoms. The van der Waals surface area contributed by atoms with E-state index in [1.165, 1.54) is 14.2 Å². The van der Waals surface area contributed by atoms with Crippen LogP contribution in [0.4, 0.5) is 13.2 Å². The number of alkyl halides is 3. The molecule has 0 spiro atoms. The molecule has 0 fully saturated rings. The van der Waals surface area contributed by atoms with Crippen LogP contribution in [0.25, 0.3) is 0 Å². The summed E-state index contributed by atoms with van der Waals surface area (Å²) in [5, 5.41) is 3.02. The standard InChI is InChI=1S/C12H15ClF3NO2/c1-18-9-4-3-8(10(13)11(9)19-2)7-17-6-5-12(14,15)16/h3-4,17H,5-7H2,1-2H3. The van der Waals surface area contributed by atoms with E-state index in [0.29, 0.717) is 22.1 Å². The number of nitrogens with one attached hydrogen (secondary N) is 1. The maximum absolute atomic E-state index is 12.0. The third-order valence-corrected chi connectivity index (χ3v) is 2.88. The van der Waals surface area contributed by atoms with Crippen molar-refractivity contribution >= 4 is 11.6 Å². The number of hydrogen-bond acceptors (Lipinski definition) is 3. The van der Waals surface area contributed by atoms with Crippen LogP contribution in [-0.2, 0) is 6.54 Å². The van der Waals surface area contributed by atoms with Gasteiger partial charge in [0, 0.05) is 13.1 Å². The van der Waals surface area contributed by atoms with E-state index in [1.807, 2.05) is 0 Å². The quantitative estimate of drug-likeness (QED) is 0.816. The average molecular weight is 298 g/mol. The number of methoxy groups -OCH3 is 2. The summed E-state index contributed by atoms with van der Waals surface area (Å²) in [5.41, 5.74) is 0.654. The van der Waals surface area contributed by atoms with E-state index in [0.717, 1.165) is 0 Å². The number of benzene rings is 1. The lowest BCUT2D eigenvalue weighted by molar-refractivity contribution is -0.133. The molecule has 7 heteroatoms. The molecule has 0 amide bonds. The lowest BCUT2D eigenvalue weighted by atomic mass is 10.2. The molecule has 108 valence electrons. The fraction of sp³-hybridized carbons (Fsp3) is 0.500. The summed E-state index contributed by atoms with van der Waals surface area (Å²) >= 11 is 6.09. The molecule has 0 heterocycles. The second-order valence-electron chi connectivity index (χ2n) is 3.82. The van der Waals surface area contributed by atoms with Gasteiger partial charge in [-0.05, 0) is 11.6 Å². The van der Waals surface area contributed by atoms with Crippen molar-refractivity contribution in [3.8, 4) is 11.5 Å². The minimum atomic E-state index is -4.16. The highest BCUT2D eigenvalue weighted by atomic mass is 35.5. The van der Waals surface area contributed by atoms with Crippen LogP contribution in [0.1, 0.15) is 12.0 Å². The van der Waals surface area contributed by atoms with Crippen molar-refractivity contribution in [2.24, 2.45) is 0 Å². The highest BCUT2D eigenvalue weighted by Crippen LogP contribution is 2.37. The van der Waals surface area contributed by atoms with Gasteiger partial charge in [-0.1, -0.05) is 17.7 Å². The first-order valence-electron chi connectivity index (χ1n) is 5.56. The van der Waals surface area contributed by atoms with Crippen molar-refractivity contribution in [3.05, 3.63) is 22.7 Å². The first-order valence-corrected chi connectivity index (χ1v) is 5.93. The molecule has 0 unspecified atom stereocenters. The van der Waals surface area contributed by atoms with Crippen LogP contribution < -0.4 is 14.8 Å². The van der Waals surface area contributed by atoms with Crippen molar-refractivity contribution in [3.63, 3.8) is 0 Å². The van der Waals surface area contributed by atoms with Crippen molar-refractivity contribution < 1.29 is 22.6 Å². The normalized spacial score (nSPS) is 11.5. The van der Waals surface area contributed by atoms with Gasteiger partial charge in [0.1, 0.15) is 0 Å². The van der Waals surface area contributed by atoms with Gasteiger partial charge in [0.2, 0.25) is 0 Å². The van der Waals surface area contributed by atoms with Crippen molar-refractivity contribution in [2.45, 2.75) is 19.1 Å². The van der Waals surface area contributed by atoms with E-state index in [9.17, 15) is 13.2 Å². The van der Waals surface area contributed by atoms with Crippen LogP contribution in [0.5, 0.6) is 11.5 Å². The fourth-order valence-corrected chi connectivity index (χ4v) is 1.82. The van der Waals surface area contributed by atoms with E-state index >= 15 is 0 Å². The highest BCUT2D eigenvalue weighted by molar-refractivity contribution is 6.33. The molecular weight excluding hydrogens is 283 g/mol. The summed E-state index contributed by atoms with van der Waals surface area (Å²) in [6.45, 7) is 0.0729. The summed E-state index contributed by atoms with van der Waals surface area (Å²) in [4.78, 5) is 0. The van der Waals surface area contributed by atoms with Crippen molar-refractivity contribution in [1.29, 1.82) is 0 Å². The van der Waals surface area contributed by atoms with Crippen LogP contribution in [0.15, 0.2) is 12.1 Å². The molecule has 0 aliphatic rings. The summed E-state index contributed by atoms with van der Waals surface area (Å²) in [7, 11) is 2.93. The summed E-state index contributed by atoms with van der Waals surface area (Å²) in [6.07, 6.45) is -5.04. The van der Waals surface area contributed by atoms with Crippen LogP contribution in [0.3, 0.4) is 0 Å². The Kier molecular flexibility index (Phi) is 5.75. The maximum atomic E-state index is 12.0. The van der Waals surface area contributed by atoms with Crippen LogP contribution in [-0.4, -0.2) is 26.9 Å². The average Bonchev–Trinajstić information content (AvgIpc) is 2.34. The first-order chi connectivity index (χ1) is 8.89. The molecule has 0 saturated heterocycles. The summed E-state index contributed by atoms with van der Waals surface area (Å²) in [5.74, 6) is 0.853. The molecule has 1 N–H and O–H groups in total. The molecular formula is C12H15ClF3NO2. The van der Waals surface area contributed by atoms with E-state index in [4.69, 9.17) is 21.1 Å². The monoisotopic (exact) mass is 297 g/mol. The Hall–Kier alpha value is -1.14. The van der Waals surface area contributed by atoms with Gasteiger partial charge in [0.15, 0.2) is 11.5 Å². The van der Waals surface area contributed by atoms with Gasteiger partial charge >= 0.3 is 6.18 Å². The predicted octanol–water partition coefficient (Wildman–Crippen LogP) is 3.40. The number of hydrogen-bond donors (Lipinski definition) is 1. The van der Waals surface area contributed by atoms with E-state index in [-0.39, 0.29) is 13.1 Å². The van der Waals surface area contributed by atoms with Crippen LogP contribution in [0.2, 0.25) is 5.02 Å². The highest BCUT2D eigenvalue weighted by Gasteiger charge is 2.26. The molecule has 0 radical (unpaired) electrons. The molecule has 0 aromatic heterocycles. The Morgan fingerprint density at radius 2 is 1.89 bits per heavy atom. The van der Waals surface area contributed by atoms with Crippen LogP contribution in [0, 0.1) is 0 Å². The third kappa shape index (κ3) is 4.80. The zero-order chi connectivity index (χ0) is 14.5. The van der Waals surface area contributed by atoms with Gasteiger partial charge in [0.05, 0.1) is 25.7 Å². The second kappa shape index (κ2) is 6.86. The predicted molar refractivity (Wildman–Crippen MR) is 66.9 cm³/mol. The first kappa shape index (κ1) is 15.9. The topological polar surface area (TPSA) is 30.5 Å². The zero-order valence-electron chi connectivity index (χ0n) is 10.6. The number of rotatable bonds is 6. The van der Waals surface area contributed by atoms with E-state index in [1.54, 1.807) is 12.1 Å². The van der Waals surface area contributed by atoms with Gasteiger partial charge in [-0.15, -0.1) is 0 Å². The Morgan fingerprint density at radius 3 is 2.42 bits per heavy atom. The molecule has 0 saturated carbocycles. The molecule has 1 aromatic carbocycles. The molecule has 0 bridgehead atoms. The lowest BCUT2D eigenvalue weighted by Gasteiger charge is -2.13. The summed E-state index contributed by atoms with van der Waals surface area (Å²) < 4.78 is 46.1. The maximum Gasteiger partial charge on any atom is 0.390 e. The fourth-order valence-electron chi connectivity index (χ4n) is 1.52. The molecule has 1 aromatic rings.